The molecule has 1 N–H and O–H groups in total. The minimum atomic E-state index is -0.574. The maximum atomic E-state index is 11.1. The molecule has 0 saturated heterocycles. The van der Waals surface area contributed by atoms with E-state index >= 15 is 0 Å². The van der Waals surface area contributed by atoms with E-state index in [1.54, 1.807) is 0 Å². The third-order valence-electron chi connectivity index (χ3n) is 3.96. The number of hydrogen-bond acceptors (Lipinski definition) is 1. The molecule has 0 radical (unpaired) electrons. The minimum Gasteiger partial charge on any atom is -0.481 e. The molecule has 0 aromatic carbocycles. The Morgan fingerprint density at radius 2 is 2.13 bits per heavy atom. The van der Waals surface area contributed by atoms with Crippen LogP contribution in [0.5, 0.6) is 0 Å². The van der Waals surface area contributed by atoms with Gasteiger partial charge < -0.3 is 5.11 Å². The highest BCUT2D eigenvalue weighted by atomic mass is 16.4. The molecule has 1 aliphatic rings. The second kappa shape index (κ2) is 5.53. The molecule has 0 bridgehead atoms. The first-order valence-corrected chi connectivity index (χ1v) is 6.27. The smallest absolute Gasteiger partial charge is 0.306 e. The van der Waals surface area contributed by atoms with Gasteiger partial charge in [-0.15, -0.1) is 0 Å². The molecule has 4 unspecified atom stereocenters. The third kappa shape index (κ3) is 3.51. The van der Waals surface area contributed by atoms with Gasteiger partial charge in [0.15, 0.2) is 0 Å². The summed E-state index contributed by atoms with van der Waals surface area (Å²) in [7, 11) is 0. The number of hydrogen-bond donors (Lipinski definition) is 1. The zero-order valence-electron chi connectivity index (χ0n) is 10.2. The van der Waals surface area contributed by atoms with Gasteiger partial charge in [-0.1, -0.05) is 27.2 Å². The van der Waals surface area contributed by atoms with Crippen LogP contribution in [0.4, 0.5) is 0 Å². The number of carboxylic acid groups (broad SMARTS) is 1. The standard InChI is InChI=1S/C13H24O2/c1-4-9(2)7-11-8-10(3)5-6-12(11)13(14)15/h9-12H,4-8H2,1-3H3,(H,14,15). The van der Waals surface area contributed by atoms with Crippen LogP contribution in [-0.2, 0) is 4.79 Å². The predicted octanol–water partition coefficient (Wildman–Crippen LogP) is 3.56. The summed E-state index contributed by atoms with van der Waals surface area (Å²) in [5.41, 5.74) is 0. The Hall–Kier alpha value is -0.530. The lowest BCUT2D eigenvalue weighted by molar-refractivity contribution is -0.145. The maximum absolute atomic E-state index is 11.1. The van der Waals surface area contributed by atoms with Gasteiger partial charge in [-0.25, -0.2) is 0 Å². The van der Waals surface area contributed by atoms with Gasteiger partial charge in [-0.05, 0) is 43.4 Å². The molecule has 1 saturated carbocycles. The van der Waals surface area contributed by atoms with Crippen molar-refractivity contribution >= 4 is 5.97 Å². The number of carboxylic acids is 1. The Labute approximate surface area is 93.1 Å². The number of carbonyl (C=O) groups is 1. The van der Waals surface area contributed by atoms with E-state index in [1.807, 2.05) is 0 Å². The summed E-state index contributed by atoms with van der Waals surface area (Å²) in [4.78, 5) is 11.1. The lowest BCUT2D eigenvalue weighted by Gasteiger charge is -2.33. The molecule has 2 heteroatoms. The molecule has 4 atom stereocenters. The molecular formula is C13H24O2. The fraction of sp³-hybridized carbons (Fsp3) is 0.923. The SMILES string of the molecule is CCC(C)CC1CC(C)CCC1C(=O)O. The molecule has 1 aliphatic carbocycles. The van der Waals surface area contributed by atoms with E-state index in [1.165, 1.54) is 0 Å². The summed E-state index contributed by atoms with van der Waals surface area (Å²) in [5.74, 6) is 1.16. The largest absolute Gasteiger partial charge is 0.481 e. The molecular weight excluding hydrogens is 188 g/mol. The highest BCUT2D eigenvalue weighted by Gasteiger charge is 2.33. The average Bonchev–Trinajstić information content (AvgIpc) is 2.17. The normalized spacial score (nSPS) is 33.7. The first-order chi connectivity index (χ1) is 7.04. The van der Waals surface area contributed by atoms with Crippen LogP contribution in [0.2, 0.25) is 0 Å². The second-order valence-corrected chi connectivity index (χ2v) is 5.37. The van der Waals surface area contributed by atoms with Crippen molar-refractivity contribution in [3.8, 4) is 0 Å². The van der Waals surface area contributed by atoms with Crippen LogP contribution >= 0.6 is 0 Å². The van der Waals surface area contributed by atoms with E-state index in [0.717, 1.165) is 38.0 Å². The van der Waals surface area contributed by atoms with Crippen LogP contribution < -0.4 is 0 Å². The van der Waals surface area contributed by atoms with E-state index in [9.17, 15) is 9.90 Å². The van der Waals surface area contributed by atoms with Gasteiger partial charge in [-0.2, -0.15) is 0 Å². The van der Waals surface area contributed by atoms with Crippen molar-refractivity contribution in [1.82, 2.24) is 0 Å². The molecule has 0 aromatic rings. The first-order valence-electron chi connectivity index (χ1n) is 6.27. The highest BCUT2D eigenvalue weighted by molar-refractivity contribution is 5.70. The monoisotopic (exact) mass is 212 g/mol. The molecule has 15 heavy (non-hydrogen) atoms. The minimum absolute atomic E-state index is 0.0739. The molecule has 0 aromatic heterocycles. The van der Waals surface area contributed by atoms with Gasteiger partial charge in [0.25, 0.3) is 0 Å². The molecule has 0 heterocycles. The molecule has 1 rings (SSSR count). The molecule has 88 valence electrons. The van der Waals surface area contributed by atoms with Crippen molar-refractivity contribution in [3.63, 3.8) is 0 Å². The van der Waals surface area contributed by atoms with Crippen LogP contribution in [0, 0.1) is 23.7 Å². The number of rotatable bonds is 4. The molecule has 0 amide bonds. The van der Waals surface area contributed by atoms with Crippen LogP contribution in [0.3, 0.4) is 0 Å². The zero-order valence-corrected chi connectivity index (χ0v) is 10.2. The van der Waals surface area contributed by atoms with Crippen molar-refractivity contribution in [2.45, 2.75) is 52.9 Å². The average molecular weight is 212 g/mol. The Kier molecular flexibility index (Phi) is 4.62. The summed E-state index contributed by atoms with van der Waals surface area (Å²) in [5, 5.41) is 9.18. The van der Waals surface area contributed by atoms with Gasteiger partial charge in [0.05, 0.1) is 5.92 Å². The van der Waals surface area contributed by atoms with Crippen molar-refractivity contribution in [2.75, 3.05) is 0 Å². The highest BCUT2D eigenvalue weighted by Crippen LogP contribution is 2.37. The lowest BCUT2D eigenvalue weighted by Crippen LogP contribution is -2.31. The zero-order chi connectivity index (χ0) is 11.4. The van der Waals surface area contributed by atoms with E-state index in [0.29, 0.717) is 11.8 Å². The van der Waals surface area contributed by atoms with Crippen molar-refractivity contribution in [2.24, 2.45) is 23.7 Å². The lowest BCUT2D eigenvalue weighted by atomic mass is 9.71. The predicted molar refractivity (Wildman–Crippen MR) is 61.7 cm³/mol. The maximum Gasteiger partial charge on any atom is 0.306 e. The second-order valence-electron chi connectivity index (χ2n) is 5.37. The van der Waals surface area contributed by atoms with Gasteiger partial charge in [-0.3, -0.25) is 4.79 Å². The van der Waals surface area contributed by atoms with Gasteiger partial charge in [0, 0.05) is 0 Å². The van der Waals surface area contributed by atoms with Crippen molar-refractivity contribution in [1.29, 1.82) is 0 Å². The molecule has 1 fully saturated rings. The van der Waals surface area contributed by atoms with E-state index in [4.69, 9.17) is 0 Å². The summed E-state index contributed by atoms with van der Waals surface area (Å²) in [6.07, 6.45) is 5.35. The van der Waals surface area contributed by atoms with Crippen molar-refractivity contribution in [3.05, 3.63) is 0 Å². The summed E-state index contributed by atoms with van der Waals surface area (Å²) in [6.45, 7) is 6.67. The Morgan fingerprint density at radius 1 is 1.47 bits per heavy atom. The van der Waals surface area contributed by atoms with Crippen LogP contribution in [0.15, 0.2) is 0 Å². The van der Waals surface area contributed by atoms with Crippen molar-refractivity contribution < 1.29 is 9.90 Å². The topological polar surface area (TPSA) is 37.3 Å². The van der Waals surface area contributed by atoms with Crippen LogP contribution in [0.1, 0.15) is 52.9 Å². The molecule has 2 nitrogen and oxygen atoms in total. The fourth-order valence-corrected chi connectivity index (χ4v) is 2.77. The molecule has 0 aliphatic heterocycles. The first kappa shape index (κ1) is 12.5. The van der Waals surface area contributed by atoms with Crippen LogP contribution in [-0.4, -0.2) is 11.1 Å². The van der Waals surface area contributed by atoms with E-state index < -0.39 is 5.97 Å². The fourth-order valence-electron chi connectivity index (χ4n) is 2.77. The summed E-state index contributed by atoms with van der Waals surface area (Å²) >= 11 is 0. The van der Waals surface area contributed by atoms with E-state index in [-0.39, 0.29) is 5.92 Å². The van der Waals surface area contributed by atoms with E-state index in [2.05, 4.69) is 20.8 Å². The van der Waals surface area contributed by atoms with Gasteiger partial charge in [0.2, 0.25) is 0 Å². The van der Waals surface area contributed by atoms with Gasteiger partial charge >= 0.3 is 5.97 Å². The number of aliphatic carboxylic acids is 1. The quantitative estimate of drug-likeness (QED) is 0.773. The van der Waals surface area contributed by atoms with Crippen LogP contribution in [0.25, 0.3) is 0 Å². The Balaban J connectivity index is 2.57. The Morgan fingerprint density at radius 3 is 2.67 bits per heavy atom. The third-order valence-corrected chi connectivity index (χ3v) is 3.96. The Bertz CT molecular complexity index is 213. The summed E-state index contributed by atoms with van der Waals surface area (Å²) < 4.78 is 0. The molecule has 0 spiro atoms. The summed E-state index contributed by atoms with van der Waals surface area (Å²) in [6, 6.07) is 0. The van der Waals surface area contributed by atoms with Gasteiger partial charge in [0.1, 0.15) is 0 Å².